The molecule has 90 valence electrons. The first-order valence-corrected chi connectivity index (χ1v) is 6.28. The zero-order valence-electron chi connectivity index (χ0n) is 10.4. The summed E-state index contributed by atoms with van der Waals surface area (Å²) in [5, 5.41) is 3.41. The molecule has 0 saturated carbocycles. The van der Waals surface area contributed by atoms with Gasteiger partial charge in [0.15, 0.2) is 0 Å². The number of hydrogen-bond donors (Lipinski definition) is 1. The highest BCUT2D eigenvalue weighted by atomic mass is 79.9. The van der Waals surface area contributed by atoms with Gasteiger partial charge in [-0.2, -0.15) is 0 Å². The second-order valence-corrected chi connectivity index (χ2v) is 5.57. The van der Waals surface area contributed by atoms with Gasteiger partial charge in [0.05, 0.1) is 5.60 Å². The SMILES string of the molecule is COC(C)(C)CCNc1cc(C)cc(Br)c1. The van der Waals surface area contributed by atoms with Gasteiger partial charge in [0.25, 0.3) is 0 Å². The average molecular weight is 286 g/mol. The summed E-state index contributed by atoms with van der Waals surface area (Å²) >= 11 is 3.49. The molecule has 1 N–H and O–H groups in total. The molecule has 1 aromatic rings. The van der Waals surface area contributed by atoms with E-state index in [0.29, 0.717) is 0 Å². The summed E-state index contributed by atoms with van der Waals surface area (Å²) in [7, 11) is 1.75. The zero-order valence-corrected chi connectivity index (χ0v) is 12.0. The van der Waals surface area contributed by atoms with Crippen LogP contribution in [0.5, 0.6) is 0 Å². The van der Waals surface area contributed by atoms with Gasteiger partial charge >= 0.3 is 0 Å². The Morgan fingerprint density at radius 1 is 1.31 bits per heavy atom. The van der Waals surface area contributed by atoms with Crippen LogP contribution < -0.4 is 5.32 Å². The van der Waals surface area contributed by atoms with Crippen LogP contribution in [0.15, 0.2) is 22.7 Å². The maximum absolute atomic E-state index is 5.37. The largest absolute Gasteiger partial charge is 0.385 e. The van der Waals surface area contributed by atoms with Gasteiger partial charge in [-0.1, -0.05) is 15.9 Å². The Balaban J connectivity index is 2.49. The topological polar surface area (TPSA) is 21.3 Å². The van der Waals surface area contributed by atoms with Crippen molar-refractivity contribution >= 4 is 21.6 Å². The molecule has 0 fully saturated rings. The van der Waals surface area contributed by atoms with E-state index in [1.165, 1.54) is 5.56 Å². The summed E-state index contributed by atoms with van der Waals surface area (Å²) in [4.78, 5) is 0. The first-order valence-electron chi connectivity index (χ1n) is 5.49. The molecule has 0 atom stereocenters. The molecule has 1 aromatic carbocycles. The summed E-state index contributed by atoms with van der Waals surface area (Å²) in [6.45, 7) is 7.20. The minimum Gasteiger partial charge on any atom is -0.385 e. The van der Waals surface area contributed by atoms with Crippen molar-refractivity contribution in [3.63, 3.8) is 0 Å². The fourth-order valence-corrected chi connectivity index (χ4v) is 2.06. The van der Waals surface area contributed by atoms with Crippen molar-refractivity contribution in [3.05, 3.63) is 28.2 Å². The summed E-state index contributed by atoms with van der Waals surface area (Å²) in [5.74, 6) is 0. The number of benzene rings is 1. The second kappa shape index (κ2) is 5.69. The molecule has 0 radical (unpaired) electrons. The van der Waals surface area contributed by atoms with Crippen molar-refractivity contribution in [3.8, 4) is 0 Å². The third-order valence-corrected chi connectivity index (χ3v) is 3.11. The quantitative estimate of drug-likeness (QED) is 0.883. The van der Waals surface area contributed by atoms with Gasteiger partial charge in [-0.3, -0.25) is 0 Å². The lowest BCUT2D eigenvalue weighted by Gasteiger charge is -2.23. The first kappa shape index (κ1) is 13.5. The van der Waals surface area contributed by atoms with Gasteiger partial charge < -0.3 is 10.1 Å². The van der Waals surface area contributed by atoms with Crippen LogP contribution in [0.25, 0.3) is 0 Å². The van der Waals surface area contributed by atoms with Gasteiger partial charge in [0, 0.05) is 23.8 Å². The lowest BCUT2D eigenvalue weighted by molar-refractivity contribution is 0.0185. The molecule has 2 nitrogen and oxygen atoms in total. The maximum atomic E-state index is 5.37. The van der Waals surface area contributed by atoms with Gasteiger partial charge in [0.1, 0.15) is 0 Å². The lowest BCUT2D eigenvalue weighted by Crippen LogP contribution is -2.25. The first-order chi connectivity index (χ1) is 7.43. The molecule has 0 aromatic heterocycles. The number of halogens is 1. The van der Waals surface area contributed by atoms with Crippen molar-refractivity contribution in [2.45, 2.75) is 32.8 Å². The predicted octanol–water partition coefficient (Wildman–Crippen LogP) is 3.98. The Hall–Kier alpha value is -0.540. The number of methoxy groups -OCH3 is 1. The fourth-order valence-electron chi connectivity index (χ4n) is 1.45. The molecule has 0 amide bonds. The number of ether oxygens (including phenoxy) is 1. The standard InChI is InChI=1S/C13H20BrNO/c1-10-7-11(14)9-12(8-10)15-6-5-13(2,3)16-4/h7-9,15H,5-6H2,1-4H3. The molecule has 0 spiro atoms. The predicted molar refractivity (Wildman–Crippen MR) is 73.1 cm³/mol. The second-order valence-electron chi connectivity index (χ2n) is 4.66. The summed E-state index contributed by atoms with van der Waals surface area (Å²) in [6.07, 6.45) is 0.981. The van der Waals surface area contributed by atoms with Crippen LogP contribution in [0.3, 0.4) is 0 Å². The Bertz CT molecular complexity index is 330. The number of nitrogens with one attached hydrogen (secondary N) is 1. The highest BCUT2D eigenvalue weighted by Crippen LogP contribution is 2.20. The molecular weight excluding hydrogens is 266 g/mol. The third kappa shape index (κ3) is 4.54. The number of rotatable bonds is 5. The molecule has 3 heteroatoms. The van der Waals surface area contributed by atoms with Crippen LogP contribution >= 0.6 is 15.9 Å². The Labute approximate surface area is 107 Å². The molecule has 0 aliphatic rings. The molecule has 0 aliphatic heterocycles. The van der Waals surface area contributed by atoms with Crippen LogP contribution in [0.1, 0.15) is 25.8 Å². The van der Waals surface area contributed by atoms with E-state index in [1.807, 2.05) is 0 Å². The van der Waals surface area contributed by atoms with Crippen molar-refractivity contribution < 1.29 is 4.74 Å². The fraction of sp³-hybridized carbons (Fsp3) is 0.538. The molecule has 0 unspecified atom stereocenters. The lowest BCUT2D eigenvalue weighted by atomic mass is 10.1. The highest BCUT2D eigenvalue weighted by Gasteiger charge is 2.15. The monoisotopic (exact) mass is 285 g/mol. The van der Waals surface area contributed by atoms with Crippen LogP contribution in [0.4, 0.5) is 5.69 Å². The Morgan fingerprint density at radius 3 is 2.56 bits per heavy atom. The van der Waals surface area contributed by atoms with E-state index in [-0.39, 0.29) is 5.60 Å². The number of hydrogen-bond acceptors (Lipinski definition) is 2. The van der Waals surface area contributed by atoms with Crippen molar-refractivity contribution in [2.75, 3.05) is 19.0 Å². The molecule has 0 saturated heterocycles. The molecule has 16 heavy (non-hydrogen) atoms. The van der Waals surface area contributed by atoms with Crippen LogP contribution in [0, 0.1) is 6.92 Å². The third-order valence-electron chi connectivity index (χ3n) is 2.65. The van der Waals surface area contributed by atoms with Crippen molar-refractivity contribution in [1.82, 2.24) is 0 Å². The van der Waals surface area contributed by atoms with E-state index in [2.05, 4.69) is 60.2 Å². The van der Waals surface area contributed by atoms with E-state index >= 15 is 0 Å². The van der Waals surface area contributed by atoms with Crippen LogP contribution in [0.2, 0.25) is 0 Å². The van der Waals surface area contributed by atoms with Gasteiger partial charge in [0.2, 0.25) is 0 Å². The van der Waals surface area contributed by atoms with Crippen LogP contribution in [-0.2, 0) is 4.74 Å². The van der Waals surface area contributed by atoms with Gasteiger partial charge in [-0.15, -0.1) is 0 Å². The minimum atomic E-state index is -0.0615. The molecule has 1 rings (SSSR count). The smallest absolute Gasteiger partial charge is 0.0639 e. The maximum Gasteiger partial charge on any atom is 0.0639 e. The number of anilines is 1. The van der Waals surface area contributed by atoms with Crippen molar-refractivity contribution in [1.29, 1.82) is 0 Å². The molecule has 0 aliphatic carbocycles. The van der Waals surface area contributed by atoms with Gasteiger partial charge in [-0.05, 0) is 51.0 Å². The van der Waals surface area contributed by atoms with E-state index in [0.717, 1.165) is 23.1 Å². The van der Waals surface area contributed by atoms with E-state index in [1.54, 1.807) is 7.11 Å². The number of aryl methyl sites for hydroxylation is 1. The zero-order chi connectivity index (χ0) is 12.2. The summed E-state index contributed by atoms with van der Waals surface area (Å²) in [5.41, 5.74) is 2.34. The van der Waals surface area contributed by atoms with Crippen molar-refractivity contribution in [2.24, 2.45) is 0 Å². The summed E-state index contributed by atoms with van der Waals surface area (Å²) in [6, 6.07) is 6.33. The van der Waals surface area contributed by atoms with Gasteiger partial charge in [-0.25, -0.2) is 0 Å². The summed E-state index contributed by atoms with van der Waals surface area (Å²) < 4.78 is 6.49. The average Bonchev–Trinajstić information content (AvgIpc) is 2.16. The van der Waals surface area contributed by atoms with E-state index < -0.39 is 0 Å². The molecule has 0 bridgehead atoms. The van der Waals surface area contributed by atoms with E-state index in [4.69, 9.17) is 4.74 Å². The van der Waals surface area contributed by atoms with Crippen LogP contribution in [-0.4, -0.2) is 19.3 Å². The Morgan fingerprint density at radius 2 is 2.00 bits per heavy atom. The van der Waals surface area contributed by atoms with E-state index in [9.17, 15) is 0 Å². The normalized spacial score (nSPS) is 11.6. The molecular formula is C13H20BrNO. The molecule has 0 heterocycles. The minimum absolute atomic E-state index is 0.0615. The highest BCUT2D eigenvalue weighted by molar-refractivity contribution is 9.10. The Kier molecular flexibility index (Phi) is 4.81.